The van der Waals surface area contributed by atoms with Gasteiger partial charge in [-0.2, -0.15) is 0 Å². The Kier molecular flexibility index (Phi) is 7.31. The Morgan fingerprint density at radius 2 is 1.96 bits per heavy atom. The standard InChI is InChI=1S/C23H31N3O2/c1-17(2)28-16-20-6-4-5-19(13-20)15-26-23(24-3)25-11-9-18-7-8-22-21(14-18)10-12-27-22/h4-8,13-14,17H,9-12,15-16H2,1-3H3,(H2,24,25,26). The molecule has 0 unspecified atom stereocenters. The van der Waals surface area contributed by atoms with Gasteiger partial charge in [-0.3, -0.25) is 4.99 Å². The van der Waals surface area contributed by atoms with Gasteiger partial charge >= 0.3 is 0 Å². The van der Waals surface area contributed by atoms with E-state index in [-0.39, 0.29) is 6.10 Å². The normalized spacial score (nSPS) is 13.4. The molecule has 2 aromatic rings. The highest BCUT2D eigenvalue weighted by atomic mass is 16.5. The van der Waals surface area contributed by atoms with E-state index in [1.807, 2.05) is 0 Å². The van der Waals surface area contributed by atoms with Crippen LogP contribution < -0.4 is 15.4 Å². The van der Waals surface area contributed by atoms with Crippen molar-refractivity contribution in [1.82, 2.24) is 10.6 Å². The van der Waals surface area contributed by atoms with Crippen molar-refractivity contribution in [2.24, 2.45) is 4.99 Å². The molecule has 28 heavy (non-hydrogen) atoms. The van der Waals surface area contributed by atoms with Gasteiger partial charge in [0.05, 0.1) is 19.3 Å². The average molecular weight is 382 g/mol. The highest BCUT2D eigenvalue weighted by Gasteiger charge is 2.11. The molecule has 0 spiro atoms. The Hall–Kier alpha value is -2.53. The summed E-state index contributed by atoms with van der Waals surface area (Å²) < 4.78 is 11.3. The summed E-state index contributed by atoms with van der Waals surface area (Å²) in [5.41, 5.74) is 5.05. The van der Waals surface area contributed by atoms with Gasteiger partial charge in [-0.1, -0.05) is 36.4 Å². The first-order chi connectivity index (χ1) is 13.6. The monoisotopic (exact) mass is 381 g/mol. The molecular weight excluding hydrogens is 350 g/mol. The fourth-order valence-electron chi connectivity index (χ4n) is 3.22. The molecule has 5 heteroatoms. The Labute approximate surface area is 168 Å². The van der Waals surface area contributed by atoms with E-state index < -0.39 is 0 Å². The molecule has 2 N–H and O–H groups in total. The molecule has 0 radical (unpaired) electrons. The van der Waals surface area contributed by atoms with E-state index in [1.54, 1.807) is 7.05 Å². The number of hydrogen-bond donors (Lipinski definition) is 2. The molecule has 150 valence electrons. The molecule has 1 aliphatic heterocycles. The van der Waals surface area contributed by atoms with E-state index in [1.165, 1.54) is 22.3 Å². The molecule has 0 bridgehead atoms. The summed E-state index contributed by atoms with van der Waals surface area (Å²) in [6, 6.07) is 14.9. The zero-order valence-corrected chi connectivity index (χ0v) is 17.1. The number of hydrogen-bond acceptors (Lipinski definition) is 3. The van der Waals surface area contributed by atoms with Crippen molar-refractivity contribution < 1.29 is 9.47 Å². The molecule has 0 saturated carbocycles. The van der Waals surface area contributed by atoms with Crippen LogP contribution in [0, 0.1) is 0 Å². The van der Waals surface area contributed by atoms with E-state index in [9.17, 15) is 0 Å². The lowest BCUT2D eigenvalue weighted by atomic mass is 10.1. The second kappa shape index (κ2) is 10.1. The molecule has 1 aliphatic rings. The molecule has 0 amide bonds. The Balaban J connectivity index is 1.44. The van der Waals surface area contributed by atoms with Crippen LogP contribution in [0.15, 0.2) is 47.5 Å². The number of nitrogens with zero attached hydrogens (tertiary/aromatic N) is 1. The van der Waals surface area contributed by atoms with Gasteiger partial charge in [0.25, 0.3) is 0 Å². The third-order valence-electron chi connectivity index (χ3n) is 4.72. The number of nitrogens with one attached hydrogen (secondary N) is 2. The molecule has 5 nitrogen and oxygen atoms in total. The second-order valence-electron chi connectivity index (χ2n) is 7.32. The minimum Gasteiger partial charge on any atom is -0.493 e. The summed E-state index contributed by atoms with van der Waals surface area (Å²) >= 11 is 0. The largest absolute Gasteiger partial charge is 0.493 e. The van der Waals surface area contributed by atoms with Crippen LogP contribution in [0.5, 0.6) is 5.75 Å². The quantitative estimate of drug-likeness (QED) is 0.543. The minimum absolute atomic E-state index is 0.239. The van der Waals surface area contributed by atoms with Crippen molar-refractivity contribution in [3.63, 3.8) is 0 Å². The van der Waals surface area contributed by atoms with Crippen LogP contribution in [-0.4, -0.2) is 32.3 Å². The van der Waals surface area contributed by atoms with Gasteiger partial charge in [0.1, 0.15) is 5.75 Å². The van der Waals surface area contributed by atoms with E-state index >= 15 is 0 Å². The molecule has 3 rings (SSSR count). The predicted molar refractivity (Wildman–Crippen MR) is 114 cm³/mol. The van der Waals surface area contributed by atoms with Crippen LogP contribution in [0.2, 0.25) is 0 Å². The number of rotatable bonds is 8. The Bertz CT molecular complexity index is 802. The lowest BCUT2D eigenvalue weighted by Crippen LogP contribution is -2.37. The molecule has 1 heterocycles. The Morgan fingerprint density at radius 3 is 2.79 bits per heavy atom. The first-order valence-corrected chi connectivity index (χ1v) is 10.0. The van der Waals surface area contributed by atoms with Gasteiger partial charge in [0.2, 0.25) is 0 Å². The van der Waals surface area contributed by atoms with Gasteiger partial charge < -0.3 is 20.1 Å². The molecule has 0 saturated heterocycles. The second-order valence-corrected chi connectivity index (χ2v) is 7.32. The fourth-order valence-corrected chi connectivity index (χ4v) is 3.22. The molecule has 0 aliphatic carbocycles. The molecule has 0 fully saturated rings. The SMILES string of the molecule is CN=C(NCCc1ccc2c(c1)CCO2)NCc1cccc(COC(C)C)c1. The summed E-state index contributed by atoms with van der Waals surface area (Å²) in [4.78, 5) is 4.32. The van der Waals surface area contributed by atoms with Crippen LogP contribution >= 0.6 is 0 Å². The first-order valence-electron chi connectivity index (χ1n) is 10.0. The van der Waals surface area contributed by atoms with E-state index in [0.717, 1.165) is 44.2 Å². The predicted octanol–water partition coefficient (Wildman–Crippen LogP) is 3.45. The summed E-state index contributed by atoms with van der Waals surface area (Å²) in [6.45, 7) is 7.12. The smallest absolute Gasteiger partial charge is 0.191 e. The third-order valence-corrected chi connectivity index (χ3v) is 4.72. The van der Waals surface area contributed by atoms with Crippen LogP contribution in [-0.2, 0) is 30.7 Å². The van der Waals surface area contributed by atoms with Gasteiger partial charge in [0, 0.05) is 26.6 Å². The average Bonchev–Trinajstić information content (AvgIpc) is 3.17. The van der Waals surface area contributed by atoms with Gasteiger partial charge in [0.15, 0.2) is 5.96 Å². The van der Waals surface area contributed by atoms with Crippen molar-refractivity contribution in [3.8, 4) is 5.75 Å². The highest BCUT2D eigenvalue weighted by Crippen LogP contribution is 2.25. The van der Waals surface area contributed by atoms with E-state index in [0.29, 0.717) is 6.61 Å². The van der Waals surface area contributed by atoms with Crippen molar-refractivity contribution >= 4 is 5.96 Å². The van der Waals surface area contributed by atoms with Crippen molar-refractivity contribution in [1.29, 1.82) is 0 Å². The maximum atomic E-state index is 5.69. The number of ether oxygens (including phenoxy) is 2. The number of guanidine groups is 1. The summed E-state index contributed by atoms with van der Waals surface area (Å²) in [5.74, 6) is 1.85. The Morgan fingerprint density at radius 1 is 1.11 bits per heavy atom. The molecule has 2 aromatic carbocycles. The van der Waals surface area contributed by atoms with E-state index in [2.05, 4.69) is 71.9 Å². The fraction of sp³-hybridized carbons (Fsp3) is 0.435. The van der Waals surface area contributed by atoms with Gasteiger partial charge in [-0.05, 0) is 48.6 Å². The first kappa shape index (κ1) is 20.2. The van der Waals surface area contributed by atoms with Crippen LogP contribution in [0.4, 0.5) is 0 Å². The summed E-state index contributed by atoms with van der Waals surface area (Å²) in [6.07, 6.45) is 2.21. The number of benzene rings is 2. The zero-order valence-electron chi connectivity index (χ0n) is 17.1. The maximum absolute atomic E-state index is 5.69. The van der Waals surface area contributed by atoms with Crippen LogP contribution in [0.1, 0.15) is 36.1 Å². The third kappa shape index (κ3) is 5.99. The topological polar surface area (TPSA) is 54.9 Å². The maximum Gasteiger partial charge on any atom is 0.191 e. The van der Waals surface area contributed by atoms with Crippen molar-refractivity contribution in [3.05, 3.63) is 64.7 Å². The van der Waals surface area contributed by atoms with Crippen LogP contribution in [0.3, 0.4) is 0 Å². The summed E-state index contributed by atoms with van der Waals surface area (Å²) in [7, 11) is 1.80. The molecule has 0 aromatic heterocycles. The van der Waals surface area contributed by atoms with Gasteiger partial charge in [-0.15, -0.1) is 0 Å². The number of aliphatic imine (C=N–C) groups is 1. The van der Waals surface area contributed by atoms with Crippen molar-refractivity contribution in [2.45, 2.75) is 45.9 Å². The highest BCUT2D eigenvalue weighted by molar-refractivity contribution is 5.79. The van der Waals surface area contributed by atoms with Crippen LogP contribution in [0.25, 0.3) is 0 Å². The summed E-state index contributed by atoms with van der Waals surface area (Å²) in [5, 5.41) is 6.78. The van der Waals surface area contributed by atoms with E-state index in [4.69, 9.17) is 9.47 Å². The number of fused-ring (bicyclic) bond motifs is 1. The molecular formula is C23H31N3O2. The minimum atomic E-state index is 0.239. The lowest BCUT2D eigenvalue weighted by Gasteiger charge is -2.13. The zero-order chi connectivity index (χ0) is 19.8. The lowest BCUT2D eigenvalue weighted by molar-refractivity contribution is 0.0657. The van der Waals surface area contributed by atoms with Crippen molar-refractivity contribution in [2.75, 3.05) is 20.2 Å². The molecule has 0 atom stereocenters. The van der Waals surface area contributed by atoms with Gasteiger partial charge in [-0.25, -0.2) is 0 Å².